The van der Waals surface area contributed by atoms with Crippen molar-refractivity contribution in [2.24, 2.45) is 0 Å². The van der Waals surface area contributed by atoms with E-state index in [-0.39, 0.29) is 0 Å². The lowest BCUT2D eigenvalue weighted by Gasteiger charge is -2.14. The number of anilines is 3. The van der Waals surface area contributed by atoms with Crippen LogP contribution in [0.1, 0.15) is 5.56 Å². The number of nitrogens with two attached hydrogens (primary N) is 1. The molecule has 0 unspecified atom stereocenters. The van der Waals surface area contributed by atoms with Crippen molar-refractivity contribution < 1.29 is 4.74 Å². The predicted molar refractivity (Wildman–Crippen MR) is 86.6 cm³/mol. The smallest absolute Gasteiger partial charge is 0.0733 e. The third kappa shape index (κ3) is 2.66. The van der Waals surface area contributed by atoms with E-state index in [1.165, 1.54) is 0 Å². The van der Waals surface area contributed by atoms with E-state index in [1.54, 1.807) is 13.3 Å². The molecule has 0 aliphatic rings. The molecule has 4 heteroatoms. The number of hydrogen-bond acceptors (Lipinski definition) is 4. The number of aromatic nitrogens is 1. The average molecular weight is 279 g/mol. The molecule has 0 spiro atoms. The highest BCUT2D eigenvalue weighted by atomic mass is 16.5. The summed E-state index contributed by atoms with van der Waals surface area (Å²) in [6, 6.07) is 14.0. The summed E-state index contributed by atoms with van der Waals surface area (Å²) in [4.78, 5) is 4.11. The van der Waals surface area contributed by atoms with Gasteiger partial charge in [-0.05, 0) is 18.2 Å². The maximum Gasteiger partial charge on any atom is 0.0733 e. The van der Waals surface area contributed by atoms with Crippen LogP contribution in [-0.2, 0) is 11.3 Å². The fourth-order valence-corrected chi connectivity index (χ4v) is 2.37. The summed E-state index contributed by atoms with van der Waals surface area (Å²) < 4.78 is 5.23. The van der Waals surface area contributed by atoms with E-state index in [0.717, 1.165) is 33.4 Å². The van der Waals surface area contributed by atoms with Crippen LogP contribution in [0.4, 0.5) is 17.1 Å². The Hall–Kier alpha value is -2.59. The van der Waals surface area contributed by atoms with Gasteiger partial charge in [-0.2, -0.15) is 0 Å². The number of nitrogens with one attached hydrogen (secondary N) is 1. The van der Waals surface area contributed by atoms with Crippen LogP contribution in [0, 0.1) is 0 Å². The fraction of sp³-hybridized carbons (Fsp3) is 0.118. The van der Waals surface area contributed by atoms with Crippen LogP contribution in [0.3, 0.4) is 0 Å². The second kappa shape index (κ2) is 5.81. The van der Waals surface area contributed by atoms with Crippen LogP contribution in [0.15, 0.2) is 54.9 Å². The number of fused-ring (bicyclic) bond motifs is 1. The fourth-order valence-electron chi connectivity index (χ4n) is 2.37. The van der Waals surface area contributed by atoms with Crippen molar-refractivity contribution in [1.29, 1.82) is 0 Å². The van der Waals surface area contributed by atoms with E-state index in [2.05, 4.69) is 10.3 Å². The van der Waals surface area contributed by atoms with Crippen molar-refractivity contribution in [3.05, 3.63) is 60.4 Å². The predicted octanol–water partition coefficient (Wildman–Crippen LogP) is 3.71. The lowest BCUT2D eigenvalue weighted by molar-refractivity contribution is 0.185. The monoisotopic (exact) mass is 279 g/mol. The quantitative estimate of drug-likeness (QED) is 0.715. The molecule has 0 aliphatic heterocycles. The third-order valence-corrected chi connectivity index (χ3v) is 3.45. The highest BCUT2D eigenvalue weighted by Crippen LogP contribution is 2.31. The second-order valence-corrected chi connectivity index (χ2v) is 4.84. The van der Waals surface area contributed by atoms with Crippen molar-refractivity contribution in [2.45, 2.75) is 6.61 Å². The van der Waals surface area contributed by atoms with Gasteiger partial charge in [0.2, 0.25) is 0 Å². The van der Waals surface area contributed by atoms with Crippen LogP contribution in [0.2, 0.25) is 0 Å². The topological polar surface area (TPSA) is 60.2 Å². The first-order valence-corrected chi connectivity index (χ1v) is 6.75. The Morgan fingerprint density at radius 2 is 1.95 bits per heavy atom. The first-order valence-electron chi connectivity index (χ1n) is 6.75. The summed E-state index contributed by atoms with van der Waals surface area (Å²) in [7, 11) is 1.69. The molecule has 1 aromatic heterocycles. The van der Waals surface area contributed by atoms with E-state index >= 15 is 0 Å². The highest BCUT2D eigenvalue weighted by molar-refractivity contribution is 5.99. The molecule has 0 amide bonds. The molecule has 3 aromatic rings. The van der Waals surface area contributed by atoms with Gasteiger partial charge < -0.3 is 15.8 Å². The summed E-state index contributed by atoms with van der Waals surface area (Å²) >= 11 is 0. The summed E-state index contributed by atoms with van der Waals surface area (Å²) in [6.07, 6.45) is 3.57. The Kier molecular flexibility index (Phi) is 3.71. The Labute approximate surface area is 123 Å². The molecule has 0 saturated carbocycles. The van der Waals surface area contributed by atoms with Gasteiger partial charge in [-0.25, -0.2) is 0 Å². The minimum atomic E-state index is 0.556. The number of para-hydroxylation sites is 1. The minimum Gasteiger partial charge on any atom is -0.397 e. The van der Waals surface area contributed by atoms with Gasteiger partial charge in [0.15, 0.2) is 0 Å². The first kappa shape index (κ1) is 13.4. The van der Waals surface area contributed by atoms with Crippen molar-refractivity contribution in [3.8, 4) is 0 Å². The van der Waals surface area contributed by atoms with E-state index in [0.29, 0.717) is 6.61 Å². The molecule has 0 aliphatic carbocycles. The lowest BCUT2D eigenvalue weighted by atomic mass is 10.1. The summed E-state index contributed by atoms with van der Waals surface area (Å²) in [5.41, 5.74) is 9.97. The van der Waals surface area contributed by atoms with Gasteiger partial charge in [0.25, 0.3) is 0 Å². The third-order valence-electron chi connectivity index (χ3n) is 3.45. The molecule has 3 rings (SSSR count). The average Bonchev–Trinajstić information content (AvgIpc) is 2.52. The molecule has 21 heavy (non-hydrogen) atoms. The number of benzene rings is 2. The highest BCUT2D eigenvalue weighted by Gasteiger charge is 2.07. The van der Waals surface area contributed by atoms with Gasteiger partial charge >= 0.3 is 0 Å². The Morgan fingerprint density at radius 1 is 1.10 bits per heavy atom. The van der Waals surface area contributed by atoms with E-state index < -0.39 is 0 Å². The maximum atomic E-state index is 6.27. The molecule has 0 atom stereocenters. The molecule has 106 valence electrons. The van der Waals surface area contributed by atoms with Crippen molar-refractivity contribution in [1.82, 2.24) is 4.98 Å². The first-order chi connectivity index (χ1) is 10.3. The summed E-state index contributed by atoms with van der Waals surface area (Å²) in [5.74, 6) is 0. The molecule has 0 radical (unpaired) electrons. The van der Waals surface area contributed by atoms with Crippen molar-refractivity contribution in [2.75, 3.05) is 18.2 Å². The lowest BCUT2D eigenvalue weighted by Crippen LogP contribution is -2.00. The van der Waals surface area contributed by atoms with Gasteiger partial charge in [0, 0.05) is 41.5 Å². The Balaban J connectivity index is 2.00. The molecule has 0 bridgehead atoms. The van der Waals surface area contributed by atoms with Gasteiger partial charge in [-0.15, -0.1) is 0 Å². The molecule has 0 saturated heterocycles. The molecule has 1 heterocycles. The summed E-state index contributed by atoms with van der Waals surface area (Å²) in [6.45, 7) is 0.556. The Bertz CT molecular complexity index is 771. The molecular formula is C17H17N3O. The molecule has 4 nitrogen and oxygen atoms in total. The number of methoxy groups -OCH3 is 1. The number of pyridine rings is 1. The number of nitrogens with zero attached hydrogens (tertiary/aromatic N) is 1. The second-order valence-electron chi connectivity index (χ2n) is 4.84. The van der Waals surface area contributed by atoms with E-state index in [4.69, 9.17) is 10.5 Å². The van der Waals surface area contributed by atoms with Crippen LogP contribution in [-0.4, -0.2) is 12.1 Å². The number of ether oxygens (including phenoxy) is 1. The number of rotatable bonds is 4. The largest absolute Gasteiger partial charge is 0.397 e. The number of hydrogen-bond donors (Lipinski definition) is 2. The van der Waals surface area contributed by atoms with Gasteiger partial charge in [-0.3, -0.25) is 4.98 Å². The van der Waals surface area contributed by atoms with Crippen molar-refractivity contribution >= 4 is 27.8 Å². The van der Waals surface area contributed by atoms with Gasteiger partial charge in [-0.1, -0.05) is 24.3 Å². The Morgan fingerprint density at radius 3 is 2.81 bits per heavy atom. The number of nitrogen functional groups attached to an aromatic ring is 1. The van der Waals surface area contributed by atoms with Crippen LogP contribution in [0.5, 0.6) is 0 Å². The SMILES string of the molecule is COCc1ccccc1Nc1ccc2cnccc2c1N. The van der Waals surface area contributed by atoms with Gasteiger partial charge in [0.1, 0.15) is 0 Å². The maximum absolute atomic E-state index is 6.27. The van der Waals surface area contributed by atoms with Crippen LogP contribution in [0.25, 0.3) is 10.8 Å². The molecule has 0 fully saturated rings. The zero-order valence-corrected chi connectivity index (χ0v) is 11.8. The van der Waals surface area contributed by atoms with Crippen LogP contribution >= 0.6 is 0 Å². The molecular weight excluding hydrogens is 262 g/mol. The zero-order chi connectivity index (χ0) is 14.7. The van der Waals surface area contributed by atoms with Gasteiger partial charge in [0.05, 0.1) is 18.0 Å². The van der Waals surface area contributed by atoms with Crippen LogP contribution < -0.4 is 11.1 Å². The van der Waals surface area contributed by atoms with E-state index in [9.17, 15) is 0 Å². The normalized spacial score (nSPS) is 10.7. The summed E-state index contributed by atoms with van der Waals surface area (Å²) in [5, 5.41) is 5.42. The minimum absolute atomic E-state index is 0.556. The standard InChI is InChI=1S/C17H17N3O/c1-21-11-13-4-2-3-5-15(13)20-16-7-6-12-10-19-9-8-14(12)17(16)18/h2-10,20H,11,18H2,1H3. The zero-order valence-electron chi connectivity index (χ0n) is 11.8. The molecule has 2 aromatic carbocycles. The van der Waals surface area contributed by atoms with Crippen molar-refractivity contribution in [3.63, 3.8) is 0 Å². The molecule has 3 N–H and O–H groups in total. The van der Waals surface area contributed by atoms with E-state index in [1.807, 2.05) is 48.7 Å².